The monoisotopic (exact) mass is 335 g/mol. The summed E-state index contributed by atoms with van der Waals surface area (Å²) >= 11 is 5.33. The molecule has 0 aliphatic rings. The normalized spacial score (nSPS) is 10.2. The fraction of sp³-hybridized carbons (Fsp3) is 0.188. The van der Waals surface area contributed by atoms with Gasteiger partial charge >= 0.3 is 5.69 Å². The third-order valence-corrected chi connectivity index (χ3v) is 3.27. The van der Waals surface area contributed by atoms with Gasteiger partial charge in [-0.05, 0) is 29.3 Å². The standard InChI is InChI=1S/C16H14ClNO5/c1-22-16-13(23-10-11-5-3-2-4-6-11)8-7-12(9-14(17)19)15(16)18(20)21/h2-8H,9-10H2,1H3. The smallest absolute Gasteiger partial charge is 0.318 e. The quantitative estimate of drug-likeness (QED) is 0.439. The first-order valence-corrected chi connectivity index (χ1v) is 7.10. The highest BCUT2D eigenvalue weighted by Crippen LogP contribution is 2.40. The molecule has 7 heteroatoms. The topological polar surface area (TPSA) is 78.7 Å². The van der Waals surface area contributed by atoms with Crippen LogP contribution in [0.2, 0.25) is 0 Å². The highest BCUT2D eigenvalue weighted by molar-refractivity contribution is 6.63. The van der Waals surface area contributed by atoms with Crippen LogP contribution in [-0.2, 0) is 17.8 Å². The van der Waals surface area contributed by atoms with Crippen LogP contribution in [0.15, 0.2) is 42.5 Å². The third kappa shape index (κ3) is 4.20. The Labute approximate surface area is 137 Å². The van der Waals surface area contributed by atoms with Crippen LogP contribution in [0.4, 0.5) is 5.69 Å². The molecular weight excluding hydrogens is 322 g/mol. The minimum absolute atomic E-state index is 0.0265. The molecule has 0 spiro atoms. The summed E-state index contributed by atoms with van der Waals surface area (Å²) in [5.74, 6) is 0.204. The van der Waals surface area contributed by atoms with Crippen LogP contribution in [0.5, 0.6) is 11.5 Å². The maximum Gasteiger partial charge on any atom is 0.318 e. The van der Waals surface area contributed by atoms with Crippen molar-refractivity contribution in [2.24, 2.45) is 0 Å². The lowest BCUT2D eigenvalue weighted by atomic mass is 10.1. The van der Waals surface area contributed by atoms with E-state index in [4.69, 9.17) is 21.1 Å². The average molecular weight is 336 g/mol. The van der Waals surface area contributed by atoms with Crippen LogP contribution >= 0.6 is 11.6 Å². The Bertz CT molecular complexity index is 718. The molecule has 0 amide bonds. The van der Waals surface area contributed by atoms with Crippen LogP contribution < -0.4 is 9.47 Å². The van der Waals surface area contributed by atoms with Crippen molar-refractivity contribution in [3.63, 3.8) is 0 Å². The van der Waals surface area contributed by atoms with Gasteiger partial charge in [0.2, 0.25) is 11.0 Å². The van der Waals surface area contributed by atoms with Crippen molar-refractivity contribution in [2.45, 2.75) is 13.0 Å². The molecular formula is C16H14ClNO5. The summed E-state index contributed by atoms with van der Waals surface area (Å²) in [6, 6.07) is 12.3. The predicted octanol–water partition coefficient (Wildman–Crippen LogP) is 3.49. The van der Waals surface area contributed by atoms with Crippen molar-refractivity contribution < 1.29 is 19.2 Å². The Kier molecular flexibility index (Phi) is 5.54. The van der Waals surface area contributed by atoms with Crippen LogP contribution in [0.25, 0.3) is 0 Å². The molecule has 0 aliphatic heterocycles. The Balaban J connectivity index is 2.34. The van der Waals surface area contributed by atoms with Crippen molar-refractivity contribution in [3.05, 3.63) is 63.7 Å². The molecule has 2 aromatic rings. The van der Waals surface area contributed by atoms with Gasteiger partial charge in [-0.2, -0.15) is 0 Å². The van der Waals surface area contributed by atoms with E-state index in [-0.39, 0.29) is 35.8 Å². The van der Waals surface area contributed by atoms with Crippen LogP contribution in [0.1, 0.15) is 11.1 Å². The highest BCUT2D eigenvalue weighted by Gasteiger charge is 2.26. The van der Waals surface area contributed by atoms with E-state index in [0.717, 1.165) is 5.56 Å². The number of nitro benzene ring substituents is 1. The van der Waals surface area contributed by atoms with Crippen LogP contribution in [-0.4, -0.2) is 17.3 Å². The van der Waals surface area contributed by atoms with Gasteiger partial charge in [0.15, 0.2) is 5.75 Å². The van der Waals surface area contributed by atoms with E-state index < -0.39 is 10.2 Å². The van der Waals surface area contributed by atoms with E-state index in [2.05, 4.69) is 0 Å². The maximum atomic E-state index is 11.3. The van der Waals surface area contributed by atoms with Gasteiger partial charge in [-0.25, -0.2) is 0 Å². The molecule has 2 aromatic carbocycles. The summed E-state index contributed by atoms with van der Waals surface area (Å²) < 4.78 is 10.7. The minimum atomic E-state index is -0.687. The molecule has 0 saturated carbocycles. The Morgan fingerprint density at radius 2 is 1.91 bits per heavy atom. The van der Waals surface area contributed by atoms with E-state index in [0.29, 0.717) is 0 Å². The molecule has 0 N–H and O–H groups in total. The zero-order valence-electron chi connectivity index (χ0n) is 12.3. The summed E-state index contributed by atoms with van der Waals surface area (Å²) in [6.45, 7) is 0.238. The van der Waals surface area contributed by atoms with Crippen molar-refractivity contribution in [2.75, 3.05) is 7.11 Å². The van der Waals surface area contributed by atoms with Crippen molar-refractivity contribution in [1.29, 1.82) is 0 Å². The second-order valence-electron chi connectivity index (χ2n) is 4.67. The second-order valence-corrected chi connectivity index (χ2v) is 5.09. The number of hydrogen-bond donors (Lipinski definition) is 0. The van der Waals surface area contributed by atoms with Crippen molar-refractivity contribution in [1.82, 2.24) is 0 Å². The van der Waals surface area contributed by atoms with Gasteiger partial charge in [0.25, 0.3) is 0 Å². The molecule has 0 bridgehead atoms. The molecule has 6 nitrogen and oxygen atoms in total. The van der Waals surface area contributed by atoms with Gasteiger partial charge in [-0.15, -0.1) is 0 Å². The van der Waals surface area contributed by atoms with Gasteiger partial charge in [0.05, 0.1) is 18.5 Å². The number of carbonyl (C=O) groups is 1. The number of methoxy groups -OCH3 is 1. The van der Waals surface area contributed by atoms with Gasteiger partial charge in [-0.3, -0.25) is 14.9 Å². The molecule has 2 rings (SSSR count). The molecule has 0 fully saturated rings. The first kappa shape index (κ1) is 16.8. The number of benzene rings is 2. The summed E-state index contributed by atoms with van der Waals surface area (Å²) in [5.41, 5.74) is 0.781. The Morgan fingerprint density at radius 1 is 1.22 bits per heavy atom. The lowest BCUT2D eigenvalue weighted by molar-refractivity contribution is -0.386. The molecule has 0 aromatic heterocycles. The second kappa shape index (κ2) is 7.60. The summed E-state index contributed by atoms with van der Waals surface area (Å²) in [6.07, 6.45) is -0.257. The van der Waals surface area contributed by atoms with Crippen LogP contribution in [0, 0.1) is 10.1 Å². The van der Waals surface area contributed by atoms with E-state index in [1.165, 1.54) is 19.2 Å². The first-order valence-electron chi connectivity index (χ1n) is 6.72. The number of nitrogens with zero attached hydrogens (tertiary/aromatic N) is 1. The summed E-state index contributed by atoms with van der Waals surface area (Å²) in [7, 11) is 1.31. The fourth-order valence-corrected chi connectivity index (χ4v) is 2.28. The molecule has 0 atom stereocenters. The molecule has 0 heterocycles. The highest BCUT2D eigenvalue weighted by atomic mass is 35.5. The Morgan fingerprint density at radius 3 is 2.48 bits per heavy atom. The molecule has 120 valence electrons. The molecule has 0 aliphatic carbocycles. The average Bonchev–Trinajstić information content (AvgIpc) is 2.53. The third-order valence-electron chi connectivity index (χ3n) is 3.13. The summed E-state index contributed by atoms with van der Waals surface area (Å²) in [4.78, 5) is 21.8. The number of carbonyl (C=O) groups excluding carboxylic acids is 1. The first-order chi connectivity index (χ1) is 11.0. The zero-order valence-corrected chi connectivity index (χ0v) is 13.1. The predicted molar refractivity (Wildman–Crippen MR) is 85.0 cm³/mol. The molecule has 0 radical (unpaired) electrons. The van der Waals surface area contributed by atoms with Gasteiger partial charge in [0, 0.05) is 5.56 Å². The van der Waals surface area contributed by atoms with Gasteiger partial charge in [0.1, 0.15) is 6.61 Å². The molecule has 23 heavy (non-hydrogen) atoms. The lowest BCUT2D eigenvalue weighted by Crippen LogP contribution is -2.05. The summed E-state index contributed by atoms with van der Waals surface area (Å²) in [5, 5.41) is 10.6. The zero-order chi connectivity index (χ0) is 16.8. The fourth-order valence-electron chi connectivity index (χ4n) is 2.13. The van der Waals surface area contributed by atoms with E-state index in [1.807, 2.05) is 30.3 Å². The lowest BCUT2D eigenvalue weighted by Gasteiger charge is -2.12. The SMILES string of the molecule is COc1c(OCc2ccccc2)ccc(CC(=O)Cl)c1[N+](=O)[O-]. The number of hydrogen-bond acceptors (Lipinski definition) is 5. The molecule has 0 saturated heterocycles. The van der Waals surface area contributed by atoms with Crippen LogP contribution in [0.3, 0.4) is 0 Å². The van der Waals surface area contributed by atoms with E-state index in [1.54, 1.807) is 0 Å². The van der Waals surface area contributed by atoms with Gasteiger partial charge < -0.3 is 9.47 Å². The number of nitro groups is 1. The van der Waals surface area contributed by atoms with Gasteiger partial charge in [-0.1, -0.05) is 30.3 Å². The number of halogens is 1. The minimum Gasteiger partial charge on any atom is -0.488 e. The molecule has 0 unspecified atom stereocenters. The maximum absolute atomic E-state index is 11.3. The van der Waals surface area contributed by atoms with E-state index in [9.17, 15) is 14.9 Å². The number of rotatable bonds is 7. The number of ether oxygens (including phenoxy) is 2. The van der Waals surface area contributed by atoms with Crippen molar-refractivity contribution in [3.8, 4) is 11.5 Å². The Hall–Kier alpha value is -2.60. The van der Waals surface area contributed by atoms with E-state index >= 15 is 0 Å². The largest absolute Gasteiger partial charge is 0.488 e. The van der Waals surface area contributed by atoms with Crippen molar-refractivity contribution >= 4 is 22.5 Å².